The minimum Gasteiger partial charge on any atom is -0.493 e. The summed E-state index contributed by atoms with van der Waals surface area (Å²) in [5, 5.41) is 0.838. The van der Waals surface area contributed by atoms with Crippen LogP contribution in [-0.4, -0.2) is 6.61 Å². The van der Waals surface area contributed by atoms with Crippen molar-refractivity contribution in [3.05, 3.63) is 65.2 Å². The van der Waals surface area contributed by atoms with Gasteiger partial charge in [0.2, 0.25) is 0 Å². The van der Waals surface area contributed by atoms with E-state index < -0.39 is 0 Å². The van der Waals surface area contributed by atoms with Gasteiger partial charge < -0.3 is 4.74 Å². The Balaban J connectivity index is 1.73. The molecule has 1 unspecified atom stereocenters. The van der Waals surface area contributed by atoms with Crippen LogP contribution in [0.5, 0.6) is 5.75 Å². The molecule has 2 aromatic rings. The van der Waals surface area contributed by atoms with Crippen molar-refractivity contribution in [2.75, 3.05) is 6.61 Å². The van der Waals surface area contributed by atoms with Crippen LogP contribution in [0.15, 0.2) is 48.5 Å². The molecule has 0 saturated heterocycles. The molecule has 3 rings (SSSR count). The molecule has 20 heavy (non-hydrogen) atoms. The minimum atomic E-state index is 0.531. The largest absolute Gasteiger partial charge is 0.493 e. The predicted octanol–water partition coefficient (Wildman–Crippen LogP) is 5.08. The van der Waals surface area contributed by atoms with Crippen molar-refractivity contribution in [2.24, 2.45) is 0 Å². The van der Waals surface area contributed by atoms with Crippen molar-refractivity contribution in [1.29, 1.82) is 0 Å². The molecular weight excluding hydrogens is 312 g/mol. The highest BCUT2D eigenvalue weighted by Gasteiger charge is 2.20. The van der Waals surface area contributed by atoms with Gasteiger partial charge >= 0.3 is 0 Å². The van der Waals surface area contributed by atoms with Crippen LogP contribution in [0.4, 0.5) is 0 Å². The summed E-state index contributed by atoms with van der Waals surface area (Å²) in [5.41, 5.74) is 4.20. The smallest absolute Gasteiger partial charge is 0.123 e. The molecule has 1 atom stereocenters. The average Bonchev–Trinajstić information content (AvgIpc) is 2.53. The topological polar surface area (TPSA) is 9.23 Å². The zero-order valence-corrected chi connectivity index (χ0v) is 13.1. The van der Waals surface area contributed by atoms with Gasteiger partial charge in [-0.2, -0.15) is 0 Å². The van der Waals surface area contributed by atoms with Crippen LogP contribution in [0.3, 0.4) is 0 Å². The van der Waals surface area contributed by atoms with Crippen molar-refractivity contribution >= 4 is 15.9 Å². The number of rotatable bonds is 4. The summed E-state index contributed by atoms with van der Waals surface area (Å²) in [6, 6.07) is 17.1. The molecule has 0 aliphatic heterocycles. The highest BCUT2D eigenvalue weighted by atomic mass is 79.9. The van der Waals surface area contributed by atoms with Crippen molar-refractivity contribution in [3.8, 4) is 5.75 Å². The van der Waals surface area contributed by atoms with Crippen LogP contribution >= 0.6 is 15.9 Å². The molecule has 104 valence electrons. The molecule has 0 aromatic heterocycles. The highest BCUT2D eigenvalue weighted by Crippen LogP contribution is 2.32. The lowest BCUT2D eigenvalue weighted by molar-refractivity contribution is 0.273. The summed E-state index contributed by atoms with van der Waals surface area (Å²) in [7, 11) is 0. The molecule has 0 heterocycles. The van der Waals surface area contributed by atoms with E-state index in [1.807, 2.05) is 6.07 Å². The molecule has 1 aliphatic carbocycles. The quantitative estimate of drug-likeness (QED) is 0.710. The molecule has 0 fully saturated rings. The van der Waals surface area contributed by atoms with E-state index in [-0.39, 0.29) is 0 Å². The maximum Gasteiger partial charge on any atom is 0.123 e. The van der Waals surface area contributed by atoms with Crippen LogP contribution in [0, 0.1) is 0 Å². The summed E-state index contributed by atoms with van der Waals surface area (Å²) < 4.78 is 6.09. The number of benzene rings is 2. The molecule has 2 heteroatoms. The Morgan fingerprint density at radius 1 is 1.05 bits per heavy atom. The van der Waals surface area contributed by atoms with Gasteiger partial charge in [0.25, 0.3) is 0 Å². The second kappa shape index (κ2) is 6.45. The SMILES string of the molecule is BrCc1ccccc1OCC1CCCc2ccccc21. The van der Waals surface area contributed by atoms with Gasteiger partial charge in [0.05, 0.1) is 6.61 Å². The third-order valence-electron chi connectivity index (χ3n) is 4.05. The predicted molar refractivity (Wildman–Crippen MR) is 86.7 cm³/mol. The monoisotopic (exact) mass is 330 g/mol. The number of hydrogen-bond donors (Lipinski definition) is 0. The molecular formula is C18H19BrO. The first-order chi connectivity index (χ1) is 9.88. The normalized spacial score (nSPS) is 17.6. The third-order valence-corrected chi connectivity index (χ3v) is 4.65. The molecule has 1 aliphatic rings. The summed E-state index contributed by atoms with van der Waals surface area (Å²) in [4.78, 5) is 0. The van der Waals surface area contributed by atoms with Gasteiger partial charge in [-0.05, 0) is 36.5 Å². The van der Waals surface area contributed by atoms with E-state index in [9.17, 15) is 0 Å². The first kappa shape index (κ1) is 13.7. The van der Waals surface area contributed by atoms with Gasteiger partial charge in [0.15, 0.2) is 0 Å². The lowest BCUT2D eigenvalue weighted by Gasteiger charge is -2.25. The Bertz CT molecular complexity index is 579. The first-order valence-corrected chi connectivity index (χ1v) is 8.35. The van der Waals surface area contributed by atoms with Crippen molar-refractivity contribution in [1.82, 2.24) is 0 Å². The van der Waals surface area contributed by atoms with Gasteiger partial charge in [-0.3, -0.25) is 0 Å². The third kappa shape index (κ3) is 2.90. The Kier molecular flexibility index (Phi) is 4.41. The number of para-hydroxylation sites is 1. The molecule has 0 bridgehead atoms. The number of alkyl halides is 1. The number of ether oxygens (including phenoxy) is 1. The lowest BCUT2D eigenvalue weighted by Crippen LogP contribution is -2.16. The summed E-state index contributed by atoms with van der Waals surface area (Å²) in [6.07, 6.45) is 3.71. The molecule has 0 amide bonds. The van der Waals surface area contributed by atoms with Crippen LogP contribution in [0.2, 0.25) is 0 Å². The second-order valence-electron chi connectivity index (χ2n) is 5.34. The molecule has 2 aromatic carbocycles. The molecule has 0 spiro atoms. The maximum absolute atomic E-state index is 6.09. The number of halogens is 1. The summed E-state index contributed by atoms with van der Waals surface area (Å²) >= 11 is 3.52. The highest BCUT2D eigenvalue weighted by molar-refractivity contribution is 9.08. The average molecular weight is 331 g/mol. The Labute approximate surface area is 129 Å². The van der Waals surface area contributed by atoms with Gasteiger partial charge in [0.1, 0.15) is 5.75 Å². The fourth-order valence-corrected chi connectivity index (χ4v) is 3.44. The van der Waals surface area contributed by atoms with E-state index in [1.165, 1.54) is 36.0 Å². The van der Waals surface area contributed by atoms with Crippen molar-refractivity contribution in [2.45, 2.75) is 30.5 Å². The number of fused-ring (bicyclic) bond motifs is 1. The van der Waals surface area contributed by atoms with E-state index in [4.69, 9.17) is 4.74 Å². The van der Waals surface area contributed by atoms with Gasteiger partial charge in [-0.25, -0.2) is 0 Å². The van der Waals surface area contributed by atoms with Crippen LogP contribution < -0.4 is 4.74 Å². The van der Waals surface area contributed by atoms with Gasteiger partial charge in [0, 0.05) is 16.8 Å². The number of aryl methyl sites for hydroxylation is 1. The Hall–Kier alpha value is -1.28. The van der Waals surface area contributed by atoms with Crippen LogP contribution in [0.1, 0.15) is 35.4 Å². The van der Waals surface area contributed by atoms with E-state index in [1.54, 1.807) is 0 Å². The van der Waals surface area contributed by atoms with Crippen LogP contribution in [-0.2, 0) is 11.8 Å². The summed E-state index contributed by atoms with van der Waals surface area (Å²) in [6.45, 7) is 0.779. The maximum atomic E-state index is 6.09. The zero-order valence-electron chi connectivity index (χ0n) is 11.5. The standard InChI is InChI=1S/C18H19BrO/c19-12-15-7-2-4-11-18(15)20-13-16-9-5-8-14-6-1-3-10-17(14)16/h1-4,6-7,10-11,16H,5,8-9,12-13H2. The Morgan fingerprint density at radius 2 is 1.85 bits per heavy atom. The molecule has 0 radical (unpaired) electrons. The minimum absolute atomic E-state index is 0.531. The van der Waals surface area contributed by atoms with Crippen LogP contribution in [0.25, 0.3) is 0 Å². The fraction of sp³-hybridized carbons (Fsp3) is 0.333. The Morgan fingerprint density at radius 3 is 2.75 bits per heavy atom. The van der Waals surface area contributed by atoms with Crippen molar-refractivity contribution < 1.29 is 4.74 Å². The zero-order chi connectivity index (χ0) is 13.8. The van der Waals surface area contributed by atoms with Gasteiger partial charge in [-0.1, -0.05) is 58.4 Å². The van der Waals surface area contributed by atoms with Gasteiger partial charge in [-0.15, -0.1) is 0 Å². The fourth-order valence-electron chi connectivity index (χ4n) is 2.97. The van der Waals surface area contributed by atoms with E-state index >= 15 is 0 Å². The second-order valence-corrected chi connectivity index (χ2v) is 5.90. The summed E-state index contributed by atoms with van der Waals surface area (Å²) in [5.74, 6) is 1.54. The molecule has 0 saturated carbocycles. The van der Waals surface area contributed by atoms with Crippen molar-refractivity contribution in [3.63, 3.8) is 0 Å². The number of hydrogen-bond acceptors (Lipinski definition) is 1. The van der Waals surface area contributed by atoms with E-state index in [2.05, 4.69) is 58.4 Å². The molecule has 1 nitrogen and oxygen atoms in total. The van der Waals surface area contributed by atoms with E-state index in [0.29, 0.717) is 5.92 Å². The molecule has 0 N–H and O–H groups in total. The lowest BCUT2D eigenvalue weighted by atomic mass is 9.83. The van der Waals surface area contributed by atoms with E-state index in [0.717, 1.165) is 17.7 Å². The first-order valence-electron chi connectivity index (χ1n) is 7.23.